The van der Waals surface area contributed by atoms with Crippen LogP contribution in [0.15, 0.2) is 35.1 Å². The Morgan fingerprint density at radius 1 is 1.14 bits per heavy atom. The zero-order chi connectivity index (χ0) is 26.3. The van der Waals surface area contributed by atoms with Crippen LogP contribution in [0.3, 0.4) is 0 Å². The zero-order valence-corrected chi connectivity index (χ0v) is 21.5. The van der Waals surface area contributed by atoms with Gasteiger partial charge in [-0.15, -0.1) is 0 Å². The number of likely N-dealkylation sites (tertiary alicyclic amines) is 2. The maximum Gasteiger partial charge on any atom is 0.401 e. The number of benzene rings is 1. The normalized spacial score (nSPS) is 23.5. The minimum absolute atomic E-state index is 0.291. The van der Waals surface area contributed by atoms with Gasteiger partial charge in [-0.1, -0.05) is 0 Å². The summed E-state index contributed by atoms with van der Waals surface area (Å²) < 4.78 is 49.5. The van der Waals surface area contributed by atoms with Gasteiger partial charge in [0.05, 0.1) is 20.3 Å². The van der Waals surface area contributed by atoms with E-state index in [1.807, 2.05) is 24.3 Å². The summed E-state index contributed by atoms with van der Waals surface area (Å²) in [5.41, 5.74) is 7.38. The van der Waals surface area contributed by atoms with Crippen molar-refractivity contribution in [1.29, 1.82) is 0 Å². The quantitative estimate of drug-likeness (QED) is 0.384. The monoisotopic (exact) mass is 524 g/mol. The Balaban J connectivity index is 1.28. The number of methoxy groups -OCH3 is 1. The van der Waals surface area contributed by atoms with Crippen LogP contribution < -0.4 is 25.8 Å². The summed E-state index contributed by atoms with van der Waals surface area (Å²) >= 11 is 0. The predicted molar refractivity (Wildman–Crippen MR) is 138 cm³/mol. The van der Waals surface area contributed by atoms with Gasteiger partial charge in [0.1, 0.15) is 5.82 Å². The molecule has 0 amide bonds. The van der Waals surface area contributed by atoms with Gasteiger partial charge in [0.2, 0.25) is 5.79 Å². The fourth-order valence-electron chi connectivity index (χ4n) is 5.12. The van der Waals surface area contributed by atoms with Gasteiger partial charge >= 0.3 is 6.18 Å². The molecule has 3 heterocycles. The molecule has 0 radical (unpaired) electrons. The zero-order valence-electron chi connectivity index (χ0n) is 21.5. The van der Waals surface area contributed by atoms with Gasteiger partial charge in [-0.25, -0.2) is 4.99 Å². The molecule has 1 unspecified atom stereocenters. The summed E-state index contributed by atoms with van der Waals surface area (Å²) in [6.45, 7) is 4.66. The van der Waals surface area contributed by atoms with E-state index in [4.69, 9.17) is 15.2 Å². The summed E-state index contributed by atoms with van der Waals surface area (Å²) in [4.78, 5) is 8.41. The Labute approximate surface area is 217 Å². The molecule has 2 fully saturated rings. The highest BCUT2D eigenvalue weighted by Gasteiger charge is 2.33. The molecule has 1 aromatic carbocycles. The molecule has 4 N–H and O–H groups in total. The van der Waals surface area contributed by atoms with E-state index in [0.29, 0.717) is 43.7 Å². The molecule has 206 valence electrons. The Kier molecular flexibility index (Phi) is 9.20. The molecule has 0 aliphatic carbocycles. The largest absolute Gasteiger partial charge is 0.493 e. The highest BCUT2D eigenvalue weighted by Crippen LogP contribution is 2.32. The van der Waals surface area contributed by atoms with Crippen LogP contribution in [0.25, 0.3) is 0 Å². The van der Waals surface area contributed by atoms with E-state index < -0.39 is 18.5 Å². The summed E-state index contributed by atoms with van der Waals surface area (Å²) in [7, 11) is 1.61. The molecule has 1 atom stereocenters. The second-order valence-electron chi connectivity index (χ2n) is 10.1. The number of hydrogen-bond donors (Lipinski definition) is 3. The Hall–Kier alpha value is -2.50. The smallest absolute Gasteiger partial charge is 0.401 e. The van der Waals surface area contributed by atoms with Crippen LogP contribution in [-0.2, 0) is 5.79 Å². The summed E-state index contributed by atoms with van der Waals surface area (Å²) in [6, 6.07) is 5.55. The van der Waals surface area contributed by atoms with Crippen LogP contribution in [-0.4, -0.2) is 81.7 Å². The third-order valence-corrected chi connectivity index (χ3v) is 7.21. The third kappa shape index (κ3) is 7.99. The van der Waals surface area contributed by atoms with E-state index in [9.17, 15) is 13.2 Å². The number of nitrogens with zero attached hydrogens (tertiary/aromatic N) is 3. The topological polar surface area (TPSA) is 87.4 Å². The number of nitrogens with two attached hydrogens (primary N) is 1. The average molecular weight is 525 g/mol. The van der Waals surface area contributed by atoms with E-state index >= 15 is 0 Å². The Morgan fingerprint density at radius 3 is 2.59 bits per heavy atom. The van der Waals surface area contributed by atoms with Gasteiger partial charge in [0.15, 0.2) is 11.5 Å². The lowest BCUT2D eigenvalue weighted by molar-refractivity contribution is -0.148. The number of alkyl halides is 3. The first kappa shape index (κ1) is 27.5. The van der Waals surface area contributed by atoms with Crippen LogP contribution >= 0.6 is 0 Å². The lowest BCUT2D eigenvalue weighted by atomic mass is 9.97. The number of halogens is 3. The maximum atomic E-state index is 12.6. The third-order valence-electron chi connectivity index (χ3n) is 7.21. The van der Waals surface area contributed by atoms with Crippen LogP contribution in [0.4, 0.5) is 13.2 Å². The van der Waals surface area contributed by atoms with Crippen molar-refractivity contribution in [2.75, 3.05) is 59.5 Å². The van der Waals surface area contributed by atoms with Crippen LogP contribution in [0.2, 0.25) is 0 Å². The van der Waals surface area contributed by atoms with Gasteiger partial charge in [-0.3, -0.25) is 10.6 Å². The first-order valence-corrected chi connectivity index (χ1v) is 13.1. The van der Waals surface area contributed by atoms with Gasteiger partial charge in [-0.2, -0.15) is 13.2 Å². The van der Waals surface area contributed by atoms with Gasteiger partial charge in [0, 0.05) is 24.9 Å². The molecule has 4 rings (SSSR count). The maximum absolute atomic E-state index is 12.6. The van der Waals surface area contributed by atoms with E-state index in [-0.39, 0.29) is 0 Å². The molecular formula is C26H39F3N6O2. The minimum Gasteiger partial charge on any atom is -0.493 e. The molecule has 1 aromatic rings. The summed E-state index contributed by atoms with van der Waals surface area (Å²) in [5.74, 6) is 1.09. The lowest BCUT2D eigenvalue weighted by Gasteiger charge is -2.35. The van der Waals surface area contributed by atoms with Crippen molar-refractivity contribution in [1.82, 2.24) is 20.4 Å². The molecule has 3 aliphatic rings. The van der Waals surface area contributed by atoms with E-state index in [0.717, 1.165) is 37.2 Å². The number of ether oxygens (including phenoxy) is 2. The minimum atomic E-state index is -4.15. The number of rotatable bonds is 11. The van der Waals surface area contributed by atoms with E-state index in [1.165, 1.54) is 30.8 Å². The van der Waals surface area contributed by atoms with Gasteiger partial charge in [0.25, 0.3) is 0 Å². The molecule has 8 nitrogen and oxygen atoms in total. The van der Waals surface area contributed by atoms with Crippen molar-refractivity contribution in [3.8, 4) is 11.5 Å². The molecule has 0 saturated carbocycles. The van der Waals surface area contributed by atoms with Crippen molar-refractivity contribution in [3.63, 3.8) is 0 Å². The molecule has 0 bridgehead atoms. The molecule has 37 heavy (non-hydrogen) atoms. The van der Waals surface area contributed by atoms with Gasteiger partial charge < -0.3 is 25.0 Å². The van der Waals surface area contributed by atoms with Crippen molar-refractivity contribution >= 4 is 6.21 Å². The number of piperidine rings is 1. The predicted octanol–water partition coefficient (Wildman–Crippen LogP) is 3.01. The van der Waals surface area contributed by atoms with Gasteiger partial charge in [-0.05, 0) is 88.5 Å². The second-order valence-corrected chi connectivity index (χ2v) is 10.1. The SMILES string of the molecule is COc1ccc(C2(N)N=CC=C(NCC3CCN(CC(F)(F)F)CC3)N2)cc1OCCCN1CCCC1. The lowest BCUT2D eigenvalue weighted by Crippen LogP contribution is -2.52. The first-order chi connectivity index (χ1) is 17.7. The molecule has 0 spiro atoms. The number of allylic oxidation sites excluding steroid dienone is 1. The Morgan fingerprint density at radius 2 is 1.89 bits per heavy atom. The second kappa shape index (κ2) is 12.4. The number of nitrogens with one attached hydrogen (secondary N) is 2. The number of aliphatic imine (C=N–C) groups is 1. The standard InChI is InChI=1S/C26H39F3N6O2/c1-36-22-6-5-21(17-23(22)37-16-4-13-34-11-2-3-12-34)26(30)32-10-7-24(33-26)31-18-20-8-14-35(15-9-20)19-25(27,28)29/h5-7,10,17,20,31,33H,2-4,8-9,11-16,18-19,30H2,1H3. The van der Waals surface area contributed by atoms with Crippen molar-refractivity contribution < 1.29 is 22.6 Å². The van der Waals surface area contributed by atoms with Crippen LogP contribution in [0.5, 0.6) is 11.5 Å². The summed E-state index contributed by atoms with van der Waals surface area (Å²) in [5, 5.41) is 6.62. The first-order valence-electron chi connectivity index (χ1n) is 13.1. The Bertz CT molecular complexity index is 943. The molecule has 3 aliphatic heterocycles. The van der Waals surface area contributed by atoms with E-state index in [1.54, 1.807) is 13.3 Å². The number of hydrogen-bond acceptors (Lipinski definition) is 8. The molecule has 0 aromatic heterocycles. The molecule has 2 saturated heterocycles. The fourth-order valence-corrected chi connectivity index (χ4v) is 5.12. The van der Waals surface area contributed by atoms with E-state index in [2.05, 4.69) is 20.5 Å². The molecular weight excluding hydrogens is 485 g/mol. The molecule has 11 heteroatoms. The average Bonchev–Trinajstić information content (AvgIpc) is 3.39. The highest BCUT2D eigenvalue weighted by molar-refractivity contribution is 5.74. The van der Waals surface area contributed by atoms with Crippen molar-refractivity contribution in [2.45, 2.75) is 44.1 Å². The highest BCUT2D eigenvalue weighted by atomic mass is 19.4. The van der Waals surface area contributed by atoms with Crippen LogP contribution in [0.1, 0.15) is 37.7 Å². The summed E-state index contributed by atoms with van der Waals surface area (Å²) in [6.07, 6.45) is 4.24. The fraction of sp³-hybridized carbons (Fsp3) is 0.654. The van der Waals surface area contributed by atoms with Crippen LogP contribution in [0, 0.1) is 5.92 Å². The van der Waals surface area contributed by atoms with Crippen molar-refractivity contribution in [3.05, 3.63) is 35.7 Å². The van der Waals surface area contributed by atoms with Crippen molar-refractivity contribution in [2.24, 2.45) is 16.6 Å².